The number of nitrogens with one attached hydrogen (secondary N) is 11. The minimum Gasteiger partial charge on any atom is -0.467 e. The minimum atomic E-state index is -0.924. The number of hydrogen-bond acceptors (Lipinski definition) is 20. The fraction of sp³-hybridized carbons (Fsp3) is 0.126. The Morgan fingerprint density at radius 2 is 0.693 bits per heavy atom. The van der Waals surface area contributed by atoms with Gasteiger partial charge in [-0.1, -0.05) is 111 Å². The monoisotopic (exact) mass is 1910 g/mol. The second-order valence-electron chi connectivity index (χ2n) is 32.5. The first-order valence-electron chi connectivity index (χ1n) is 43.8. The molecule has 140 heavy (non-hydrogen) atoms. The zero-order valence-electron chi connectivity index (χ0n) is 74.5. The van der Waals surface area contributed by atoms with Gasteiger partial charge in [-0.05, 0) is 164 Å². The Labute approximate surface area is 791 Å². The Balaban J connectivity index is 0.000000116. The van der Waals surface area contributed by atoms with Crippen molar-refractivity contribution < 1.29 is 87.1 Å². The van der Waals surface area contributed by atoms with Crippen LogP contribution < -0.4 is 37.6 Å². The van der Waals surface area contributed by atoms with Gasteiger partial charge in [0.1, 0.15) is 97.3 Å². The van der Waals surface area contributed by atoms with Crippen molar-refractivity contribution in [3.05, 3.63) is 316 Å². The van der Waals surface area contributed by atoms with E-state index in [-0.39, 0.29) is 98.5 Å². The van der Waals surface area contributed by atoms with Crippen LogP contribution in [0.1, 0.15) is 90.1 Å². The van der Waals surface area contributed by atoms with Crippen LogP contribution in [0.3, 0.4) is 0 Å². The van der Waals surface area contributed by atoms with Crippen LogP contribution in [-0.4, -0.2) is 136 Å². The number of nitrogens with zero attached hydrogens (tertiary/aromatic N) is 5. The first-order valence-corrected chi connectivity index (χ1v) is 44.7. The fourth-order valence-corrected chi connectivity index (χ4v) is 16.4. The van der Waals surface area contributed by atoms with Gasteiger partial charge >= 0.3 is 0 Å². The van der Waals surface area contributed by atoms with Crippen LogP contribution in [-0.2, 0) is 22.6 Å². The molecular weight excluding hydrogens is 1830 g/mol. The van der Waals surface area contributed by atoms with Crippen molar-refractivity contribution in [2.24, 2.45) is 11.7 Å². The van der Waals surface area contributed by atoms with Gasteiger partial charge in [-0.3, -0.25) is 59.1 Å². The van der Waals surface area contributed by atoms with E-state index in [2.05, 4.69) is 82.9 Å². The number of H-pyrrole nitrogens is 5. The minimum absolute atomic E-state index is 0.0116. The van der Waals surface area contributed by atoms with Gasteiger partial charge in [0.2, 0.25) is 11.8 Å². The van der Waals surface area contributed by atoms with Crippen molar-refractivity contribution in [1.29, 1.82) is 0 Å². The van der Waals surface area contributed by atoms with Crippen LogP contribution in [0.15, 0.2) is 275 Å². The smallest absolute Gasteiger partial charge is 0.254 e. The number of halogens is 5. The van der Waals surface area contributed by atoms with Crippen molar-refractivity contribution in [3.8, 4) is 57.3 Å². The van der Waals surface area contributed by atoms with Gasteiger partial charge in [0.25, 0.3) is 29.5 Å². The highest BCUT2D eigenvalue weighted by atomic mass is 32.1. The average Bonchev–Trinajstić information content (AvgIpc) is 1.63. The first kappa shape index (κ1) is 92.6. The molecule has 704 valence electrons. The maximum atomic E-state index is 15.3. The van der Waals surface area contributed by atoms with E-state index < -0.39 is 76.6 Å². The van der Waals surface area contributed by atoms with E-state index in [4.69, 9.17) is 32.2 Å². The quantitative estimate of drug-likeness (QED) is 0.0209. The zero-order valence-corrected chi connectivity index (χ0v) is 75.3. The van der Waals surface area contributed by atoms with Gasteiger partial charge in [0, 0.05) is 58.4 Å². The summed E-state index contributed by atoms with van der Waals surface area (Å²) in [5.41, 5.74) is 11.9. The van der Waals surface area contributed by atoms with E-state index >= 15 is 22.0 Å². The Kier molecular flexibility index (Phi) is 26.7. The standard InChI is InChI=1S/C22H16FN3O2S.C21H14FN3O3.C21H20FN3O3.C20H17FN4O3.C19H15FN4O3/c23-20-15(22(27)24-10-9-14-5-3-11-29-14)7-8-16-19(20)21(26-25-16)18-12-13-4-1-2-6-17(13)28-18;22-19-14(21(26)23-11-13-5-3-9-27-13)7-8-15-18(19)20(25-24-15)17-10-12-4-1-2-6-16(12)28-17;1-11(2)15(10-26)23-21(27)13-7-8-14-18(19(13)22)20(25-24-14)17-9-12-5-3-4-6-16(12)28-17;1-11(26)22-8-9-23-20(27)13-6-7-14-17(18(13)21)19(25-24-14)16-10-12-4-2-3-5-15(12)28-16;1-9(18(21)25)22-19(26)11-6-7-12-15(16(11)20)17(24-23-12)14-8-10-4-2-3-5-13(10)27-14/h1-8,11-12H,9-10H2,(H,24,27)(H,25,26);1-10H,11H2,(H,23,26)(H,24,25);3-9,11,15,26H,10H2,1-2H3,(H,23,27)(H,24,25);2-7,10H,8-9H2,1H3,(H,22,26)(H,23,27)(H,24,25);2-9H,1H3,(H2,21,25)(H,22,26)(H,23,24)/t;;;;9-/m....0/s1. The molecule has 0 bridgehead atoms. The molecule has 7 amide bonds. The lowest BCUT2D eigenvalue weighted by molar-refractivity contribution is -0.120. The normalized spacial score (nSPS) is 11.8. The summed E-state index contributed by atoms with van der Waals surface area (Å²) in [5, 5.41) is 67.3. The number of aromatic nitrogens is 10. The second-order valence-corrected chi connectivity index (χ2v) is 33.6. The van der Waals surface area contributed by atoms with E-state index in [1.165, 1.54) is 55.3 Å². The molecule has 1 unspecified atom stereocenters. The number of aliphatic hydroxyl groups is 1. The van der Waals surface area contributed by atoms with Gasteiger partial charge in [-0.15, -0.1) is 11.3 Å². The van der Waals surface area contributed by atoms with E-state index in [0.29, 0.717) is 126 Å². The molecule has 12 aromatic heterocycles. The third-order valence-corrected chi connectivity index (χ3v) is 23.9. The molecule has 0 saturated carbocycles. The lowest BCUT2D eigenvalue weighted by Gasteiger charge is -2.20. The van der Waals surface area contributed by atoms with E-state index in [0.717, 1.165) is 26.9 Å². The number of thiophene rings is 1. The predicted octanol–water partition coefficient (Wildman–Crippen LogP) is 19.3. The Morgan fingerprint density at radius 3 is 0.986 bits per heavy atom. The highest BCUT2D eigenvalue weighted by Crippen LogP contribution is 2.41. The number of carbonyl (C=O) groups is 7. The third kappa shape index (κ3) is 19.3. The molecule has 10 aromatic carbocycles. The van der Waals surface area contributed by atoms with Crippen LogP contribution >= 0.6 is 11.3 Å². The van der Waals surface area contributed by atoms with Gasteiger partial charge in [-0.2, -0.15) is 25.5 Å². The van der Waals surface area contributed by atoms with Crippen molar-refractivity contribution in [1.82, 2.24) is 82.9 Å². The van der Waals surface area contributed by atoms with Crippen LogP contribution in [0.25, 0.3) is 167 Å². The lowest BCUT2D eigenvalue weighted by atomic mass is 10.0. The summed E-state index contributed by atoms with van der Waals surface area (Å²) in [6, 6.07) is 67.3. The summed E-state index contributed by atoms with van der Waals surface area (Å²) >= 11 is 1.63. The van der Waals surface area contributed by atoms with Gasteiger partial charge in [0.15, 0.2) is 28.8 Å². The molecule has 31 nitrogen and oxygen atoms in total. The summed E-state index contributed by atoms with van der Waals surface area (Å²) in [7, 11) is 0. The molecule has 2 atom stereocenters. The highest BCUT2D eigenvalue weighted by Gasteiger charge is 2.30. The Morgan fingerprint density at radius 1 is 0.379 bits per heavy atom. The number of nitrogens with two attached hydrogens (primary N) is 1. The van der Waals surface area contributed by atoms with Crippen molar-refractivity contribution in [3.63, 3.8) is 0 Å². The van der Waals surface area contributed by atoms with Gasteiger partial charge in [-0.25, -0.2) is 22.0 Å². The number of primary amides is 1. The maximum Gasteiger partial charge on any atom is 0.254 e. The Bertz CT molecular complexity index is 8260. The molecule has 0 spiro atoms. The topological polar surface area (TPSA) is 460 Å². The molecule has 14 N–H and O–H groups in total. The molecule has 0 aliphatic heterocycles. The SMILES string of the molecule is CC(=O)NCCNC(=O)c1ccc2[nH]nc(-c3cc4ccccc4o3)c2c1F.CC(C)C(CO)NC(=O)c1ccc2[nH]nc(-c3cc4ccccc4o3)c2c1F.C[C@H](NC(=O)c1ccc2[nH]nc(-c3cc4ccccc4o3)c2c1F)C(N)=O.O=C(NCCc1cccs1)c1ccc2[nH]nc(-c3cc4ccccc4o3)c2c1F.O=C(NCc1ccco1)c1ccc2[nH]nc(-c3cc4ccccc4o3)c2c1F. The molecule has 0 aliphatic rings. The summed E-state index contributed by atoms with van der Waals surface area (Å²) in [6.07, 6.45) is 2.22. The number of rotatable bonds is 23. The highest BCUT2D eigenvalue weighted by molar-refractivity contribution is 7.09. The number of benzene rings is 10. The van der Waals surface area contributed by atoms with E-state index in [1.807, 2.05) is 153 Å². The van der Waals surface area contributed by atoms with Crippen LogP contribution in [0.4, 0.5) is 22.0 Å². The molecule has 37 heteroatoms. The number of fused-ring (bicyclic) bond motifs is 10. The molecule has 0 radical (unpaired) electrons. The van der Waals surface area contributed by atoms with E-state index in [1.54, 1.807) is 84.1 Å². The fourth-order valence-electron chi connectivity index (χ4n) is 15.7. The average molecular weight is 1910 g/mol. The number of para-hydroxylation sites is 5. The number of furan rings is 6. The van der Waals surface area contributed by atoms with Crippen LogP contribution in [0.2, 0.25) is 0 Å². The van der Waals surface area contributed by atoms with Crippen LogP contribution in [0.5, 0.6) is 0 Å². The van der Waals surface area contributed by atoms with Crippen molar-refractivity contribution in [2.75, 3.05) is 26.2 Å². The lowest BCUT2D eigenvalue weighted by Crippen LogP contribution is -2.42. The van der Waals surface area contributed by atoms with Crippen molar-refractivity contribution in [2.45, 2.75) is 52.7 Å². The number of aromatic amines is 5. The van der Waals surface area contributed by atoms with Crippen LogP contribution in [0, 0.1) is 35.0 Å². The molecule has 0 aliphatic carbocycles. The van der Waals surface area contributed by atoms with Gasteiger partial charge in [0.05, 0.1) is 108 Å². The molecule has 12 heterocycles. The van der Waals surface area contributed by atoms with E-state index in [9.17, 15) is 38.7 Å². The Hall–Kier alpha value is -17.9. The predicted molar refractivity (Wildman–Crippen MR) is 517 cm³/mol. The number of hydrogen-bond donors (Lipinski definition) is 13. The zero-order chi connectivity index (χ0) is 97.5. The second kappa shape index (κ2) is 40.4. The number of amides is 7. The van der Waals surface area contributed by atoms with Crippen molar-refractivity contribution >= 4 is 162 Å². The summed E-state index contributed by atoms with van der Waals surface area (Å²) in [4.78, 5) is 85.4. The summed E-state index contributed by atoms with van der Waals surface area (Å²) in [6.45, 7) is 7.40. The molecule has 22 rings (SSSR count). The summed E-state index contributed by atoms with van der Waals surface area (Å²) < 4.78 is 110. The first-order chi connectivity index (χ1) is 67.9. The van der Waals surface area contributed by atoms with Gasteiger partial charge < -0.3 is 69.2 Å². The maximum absolute atomic E-state index is 15.3. The molecule has 0 fully saturated rings. The molecular formula is C103H82F5N17O14S. The molecule has 0 saturated heterocycles. The largest absolute Gasteiger partial charge is 0.467 e. The number of carbonyl (C=O) groups excluding carboxylic acids is 7. The summed E-state index contributed by atoms with van der Waals surface area (Å²) in [5.74, 6) is -4.48. The third-order valence-electron chi connectivity index (χ3n) is 23.0. The molecule has 22 aromatic rings. The number of aliphatic hydroxyl groups excluding tert-OH is 1.